The molecule has 1 unspecified atom stereocenters. The smallest absolute Gasteiger partial charge is 0.269 e. The van der Waals surface area contributed by atoms with Crippen molar-refractivity contribution < 1.29 is 4.79 Å². The lowest BCUT2D eigenvalue weighted by atomic mass is 9.98. The molecule has 1 amide bonds. The van der Waals surface area contributed by atoms with Crippen molar-refractivity contribution in [1.29, 1.82) is 5.26 Å². The third-order valence-corrected chi connectivity index (χ3v) is 5.93. The Kier molecular flexibility index (Phi) is 4.65. The van der Waals surface area contributed by atoms with Crippen LogP contribution in [0.3, 0.4) is 0 Å². The van der Waals surface area contributed by atoms with E-state index in [1.165, 1.54) is 0 Å². The van der Waals surface area contributed by atoms with Crippen LogP contribution >= 0.6 is 0 Å². The fraction of sp³-hybridized carbons (Fsp3) is 0.111. The number of para-hydroxylation sites is 2. The Balaban J connectivity index is 1.65. The molecule has 3 aromatic carbocycles. The highest BCUT2D eigenvalue weighted by Crippen LogP contribution is 2.44. The van der Waals surface area contributed by atoms with Gasteiger partial charge in [-0.1, -0.05) is 66.7 Å². The molecule has 1 aromatic heterocycles. The van der Waals surface area contributed by atoms with Crippen LogP contribution in [0.2, 0.25) is 0 Å². The topological polar surface area (TPSA) is 59.9 Å². The molecule has 4 heteroatoms. The highest BCUT2D eigenvalue weighted by atomic mass is 16.2. The SMILES string of the molecule is Cc1[nH]c2ccccc2c1C1Cc2ccccc2N1C(=O)/C(C#N)=C/c1ccccc1. The van der Waals surface area contributed by atoms with Crippen LogP contribution in [0.15, 0.2) is 84.4 Å². The van der Waals surface area contributed by atoms with Crippen molar-refractivity contribution in [2.45, 2.75) is 19.4 Å². The molecule has 0 saturated carbocycles. The van der Waals surface area contributed by atoms with Crippen LogP contribution in [-0.2, 0) is 11.2 Å². The van der Waals surface area contributed by atoms with Crippen molar-refractivity contribution >= 4 is 28.6 Å². The van der Waals surface area contributed by atoms with Gasteiger partial charge in [0.05, 0.1) is 6.04 Å². The summed E-state index contributed by atoms with van der Waals surface area (Å²) in [4.78, 5) is 19.0. The lowest BCUT2D eigenvalue weighted by molar-refractivity contribution is -0.115. The summed E-state index contributed by atoms with van der Waals surface area (Å²) in [6.45, 7) is 2.05. The molecule has 0 bridgehead atoms. The van der Waals surface area contributed by atoms with Crippen LogP contribution in [0.4, 0.5) is 5.69 Å². The molecule has 0 fully saturated rings. The van der Waals surface area contributed by atoms with E-state index >= 15 is 0 Å². The third kappa shape index (κ3) is 3.21. The van der Waals surface area contributed by atoms with Crippen LogP contribution < -0.4 is 4.90 Å². The molecule has 0 radical (unpaired) electrons. The van der Waals surface area contributed by atoms with Gasteiger partial charge < -0.3 is 4.98 Å². The number of hydrogen-bond acceptors (Lipinski definition) is 2. The van der Waals surface area contributed by atoms with E-state index in [-0.39, 0.29) is 17.5 Å². The van der Waals surface area contributed by atoms with Gasteiger partial charge in [-0.15, -0.1) is 0 Å². The Morgan fingerprint density at radius 3 is 2.55 bits per heavy atom. The second-order valence-corrected chi connectivity index (χ2v) is 7.81. The van der Waals surface area contributed by atoms with Gasteiger partial charge in [0.1, 0.15) is 11.6 Å². The summed E-state index contributed by atoms with van der Waals surface area (Å²) >= 11 is 0. The van der Waals surface area contributed by atoms with Crippen LogP contribution in [0.5, 0.6) is 0 Å². The second-order valence-electron chi connectivity index (χ2n) is 7.81. The first kappa shape index (κ1) is 18.9. The molecule has 1 atom stereocenters. The summed E-state index contributed by atoms with van der Waals surface area (Å²) in [6.07, 6.45) is 2.39. The first-order valence-corrected chi connectivity index (χ1v) is 10.3. The Hall–Kier alpha value is -4.10. The average Bonchev–Trinajstić information content (AvgIpc) is 3.34. The zero-order valence-electron chi connectivity index (χ0n) is 17.2. The number of anilines is 1. The van der Waals surface area contributed by atoms with Crippen molar-refractivity contribution in [2.24, 2.45) is 0 Å². The molecule has 150 valence electrons. The van der Waals surface area contributed by atoms with E-state index in [9.17, 15) is 10.1 Å². The summed E-state index contributed by atoms with van der Waals surface area (Å²) in [5.41, 5.74) is 6.15. The number of nitrogens with one attached hydrogen (secondary N) is 1. The number of amides is 1. The molecular formula is C27H21N3O. The number of fused-ring (bicyclic) bond motifs is 2. The summed E-state index contributed by atoms with van der Waals surface area (Å²) in [5, 5.41) is 10.9. The molecule has 4 nitrogen and oxygen atoms in total. The monoisotopic (exact) mass is 403 g/mol. The first-order chi connectivity index (χ1) is 15.2. The van der Waals surface area contributed by atoms with Crippen molar-refractivity contribution in [3.05, 3.63) is 107 Å². The van der Waals surface area contributed by atoms with Gasteiger partial charge >= 0.3 is 0 Å². The third-order valence-electron chi connectivity index (χ3n) is 5.93. The minimum atomic E-state index is -0.272. The fourth-order valence-electron chi connectivity index (χ4n) is 4.58. The summed E-state index contributed by atoms with van der Waals surface area (Å²) in [6, 6.07) is 27.6. The van der Waals surface area contributed by atoms with Gasteiger partial charge in [-0.3, -0.25) is 9.69 Å². The lowest BCUT2D eigenvalue weighted by Crippen LogP contribution is -2.33. The van der Waals surface area contributed by atoms with Gasteiger partial charge in [-0.05, 0) is 42.7 Å². The molecular weight excluding hydrogens is 382 g/mol. The molecule has 4 aromatic rings. The van der Waals surface area contributed by atoms with Gasteiger partial charge in [0.2, 0.25) is 0 Å². The minimum Gasteiger partial charge on any atom is -0.358 e. The summed E-state index contributed by atoms with van der Waals surface area (Å²) < 4.78 is 0. The van der Waals surface area contributed by atoms with Crippen LogP contribution in [-0.4, -0.2) is 10.9 Å². The summed E-state index contributed by atoms with van der Waals surface area (Å²) in [7, 11) is 0. The molecule has 31 heavy (non-hydrogen) atoms. The van der Waals surface area contributed by atoms with Gasteiger partial charge in [0.15, 0.2) is 0 Å². The van der Waals surface area contributed by atoms with Crippen LogP contribution in [0.25, 0.3) is 17.0 Å². The molecule has 1 aliphatic rings. The Morgan fingerprint density at radius 1 is 1.03 bits per heavy atom. The number of benzene rings is 3. The summed E-state index contributed by atoms with van der Waals surface area (Å²) in [5.74, 6) is -0.272. The Labute approximate surface area is 181 Å². The van der Waals surface area contributed by atoms with Crippen LogP contribution in [0, 0.1) is 18.3 Å². The molecule has 0 aliphatic carbocycles. The average molecular weight is 403 g/mol. The number of H-pyrrole nitrogens is 1. The fourth-order valence-corrected chi connectivity index (χ4v) is 4.58. The number of nitriles is 1. The van der Waals surface area contributed by atoms with Crippen molar-refractivity contribution in [1.82, 2.24) is 4.98 Å². The molecule has 5 rings (SSSR count). The van der Waals surface area contributed by atoms with E-state index in [2.05, 4.69) is 29.3 Å². The van der Waals surface area contributed by atoms with E-state index < -0.39 is 0 Å². The van der Waals surface area contributed by atoms with E-state index in [1.54, 1.807) is 11.0 Å². The molecule has 0 saturated heterocycles. The highest BCUT2D eigenvalue weighted by Gasteiger charge is 2.38. The zero-order valence-corrected chi connectivity index (χ0v) is 17.2. The van der Waals surface area contributed by atoms with Crippen LogP contribution in [0.1, 0.15) is 28.4 Å². The quantitative estimate of drug-likeness (QED) is 0.352. The number of carbonyl (C=O) groups is 1. The molecule has 1 N–H and O–H groups in total. The molecule has 0 spiro atoms. The maximum absolute atomic E-state index is 13.7. The number of nitrogens with zero attached hydrogens (tertiary/aromatic N) is 2. The van der Waals surface area contributed by atoms with E-state index in [0.717, 1.165) is 39.0 Å². The second kappa shape index (κ2) is 7.62. The Morgan fingerprint density at radius 2 is 1.74 bits per heavy atom. The van der Waals surface area contributed by atoms with Gasteiger partial charge in [0.25, 0.3) is 5.91 Å². The van der Waals surface area contributed by atoms with Crippen molar-refractivity contribution in [3.8, 4) is 6.07 Å². The standard InChI is InChI=1S/C27H21N3O/c1-18-26(22-12-6-7-13-23(22)29-18)25-16-20-11-5-8-14-24(20)30(25)27(31)21(17-28)15-19-9-3-2-4-10-19/h2-15,25,29H,16H2,1H3/b21-15+. The number of aromatic nitrogens is 1. The largest absolute Gasteiger partial charge is 0.358 e. The molecule has 1 aliphatic heterocycles. The van der Waals surface area contributed by atoms with Crippen molar-refractivity contribution in [3.63, 3.8) is 0 Å². The maximum Gasteiger partial charge on any atom is 0.269 e. The predicted octanol–water partition coefficient (Wildman–Crippen LogP) is 5.71. The maximum atomic E-state index is 13.7. The first-order valence-electron chi connectivity index (χ1n) is 10.3. The van der Waals surface area contributed by atoms with Gasteiger partial charge in [-0.2, -0.15) is 5.26 Å². The van der Waals surface area contributed by atoms with Gasteiger partial charge in [0, 0.05) is 27.8 Å². The number of aryl methyl sites for hydroxylation is 1. The lowest BCUT2D eigenvalue weighted by Gasteiger charge is -2.26. The van der Waals surface area contributed by atoms with E-state index in [1.807, 2.05) is 67.6 Å². The van der Waals surface area contributed by atoms with E-state index in [0.29, 0.717) is 6.42 Å². The zero-order chi connectivity index (χ0) is 21.4. The number of carbonyl (C=O) groups excluding carboxylic acids is 1. The van der Waals surface area contributed by atoms with E-state index in [4.69, 9.17) is 0 Å². The Bertz CT molecular complexity index is 1360. The number of hydrogen-bond donors (Lipinski definition) is 1. The van der Waals surface area contributed by atoms with Gasteiger partial charge in [-0.25, -0.2) is 0 Å². The minimum absolute atomic E-state index is 0.130. The predicted molar refractivity (Wildman–Crippen MR) is 123 cm³/mol. The highest BCUT2D eigenvalue weighted by molar-refractivity contribution is 6.13. The van der Waals surface area contributed by atoms with Crippen molar-refractivity contribution in [2.75, 3.05) is 4.90 Å². The molecule has 2 heterocycles. The number of aromatic amines is 1. The normalized spacial score (nSPS) is 15.7. The number of rotatable bonds is 3.